The number of fused-ring (bicyclic) bond motifs is 3. The van der Waals surface area contributed by atoms with Gasteiger partial charge >= 0.3 is 5.97 Å². The Labute approximate surface area is 156 Å². The van der Waals surface area contributed by atoms with Crippen molar-refractivity contribution in [1.82, 2.24) is 0 Å². The molecule has 0 fully saturated rings. The van der Waals surface area contributed by atoms with Crippen molar-refractivity contribution in [3.63, 3.8) is 0 Å². The molecule has 1 N–H and O–H groups in total. The van der Waals surface area contributed by atoms with Crippen LogP contribution in [-0.2, 0) is 6.42 Å². The molecule has 0 bridgehead atoms. The molecule has 3 aromatic carbocycles. The summed E-state index contributed by atoms with van der Waals surface area (Å²) in [6.45, 7) is 1.80. The molecule has 0 aliphatic heterocycles. The van der Waals surface area contributed by atoms with Gasteiger partial charge in [0.05, 0.1) is 5.56 Å². The van der Waals surface area contributed by atoms with Gasteiger partial charge in [0.25, 0.3) is 0 Å². The quantitative estimate of drug-likeness (QED) is 0.553. The molecule has 0 saturated heterocycles. The standard InChI is InChI=1S/C23H16O4/c1-13-9-10-14(19(11-13)23(26)27)12-20(24)18-8-4-7-16-15-5-2-3-6-17(15)22(25)21(16)18/h2-11H,12H2,1H3,(H,26,27). The summed E-state index contributed by atoms with van der Waals surface area (Å²) in [4.78, 5) is 37.3. The maximum absolute atomic E-state index is 13.0. The first-order valence-electron chi connectivity index (χ1n) is 8.60. The van der Waals surface area contributed by atoms with Gasteiger partial charge in [-0.05, 0) is 29.7 Å². The third kappa shape index (κ3) is 2.75. The zero-order valence-corrected chi connectivity index (χ0v) is 14.7. The van der Waals surface area contributed by atoms with E-state index in [-0.39, 0.29) is 23.6 Å². The molecule has 0 spiro atoms. The third-order valence-electron chi connectivity index (χ3n) is 4.90. The summed E-state index contributed by atoms with van der Waals surface area (Å²) >= 11 is 0. The first-order valence-corrected chi connectivity index (χ1v) is 8.60. The van der Waals surface area contributed by atoms with Gasteiger partial charge in [-0.25, -0.2) is 4.79 Å². The number of rotatable bonds is 4. The molecule has 0 heterocycles. The van der Waals surface area contributed by atoms with Crippen molar-refractivity contribution >= 4 is 17.5 Å². The number of aryl methyl sites for hydroxylation is 1. The highest BCUT2D eigenvalue weighted by atomic mass is 16.4. The molecule has 1 aliphatic rings. The van der Waals surface area contributed by atoms with Crippen molar-refractivity contribution in [1.29, 1.82) is 0 Å². The average Bonchev–Trinajstić information content (AvgIpc) is 2.96. The lowest BCUT2D eigenvalue weighted by Crippen LogP contribution is -2.12. The Morgan fingerprint density at radius 3 is 2.30 bits per heavy atom. The Balaban J connectivity index is 1.76. The fourth-order valence-electron chi connectivity index (χ4n) is 3.62. The van der Waals surface area contributed by atoms with Crippen LogP contribution in [0.5, 0.6) is 0 Å². The molecule has 0 radical (unpaired) electrons. The molecule has 1 aliphatic carbocycles. The van der Waals surface area contributed by atoms with Crippen LogP contribution in [0.4, 0.5) is 0 Å². The van der Waals surface area contributed by atoms with Crippen LogP contribution in [0.2, 0.25) is 0 Å². The molecular weight excluding hydrogens is 340 g/mol. The molecule has 0 aromatic heterocycles. The van der Waals surface area contributed by atoms with Crippen LogP contribution in [0.3, 0.4) is 0 Å². The van der Waals surface area contributed by atoms with Gasteiger partial charge in [-0.15, -0.1) is 0 Å². The lowest BCUT2D eigenvalue weighted by atomic mass is 9.93. The predicted octanol–water partition coefficient (Wildman–Crippen LogP) is 4.33. The molecule has 0 amide bonds. The van der Waals surface area contributed by atoms with Crippen LogP contribution in [0.25, 0.3) is 11.1 Å². The van der Waals surface area contributed by atoms with Crippen LogP contribution >= 0.6 is 0 Å². The normalized spacial score (nSPS) is 11.8. The Morgan fingerprint density at radius 1 is 0.852 bits per heavy atom. The van der Waals surface area contributed by atoms with Gasteiger partial charge in [0.1, 0.15) is 0 Å². The summed E-state index contributed by atoms with van der Waals surface area (Å²) in [5.74, 6) is -1.49. The van der Waals surface area contributed by atoms with Gasteiger partial charge < -0.3 is 5.11 Å². The van der Waals surface area contributed by atoms with E-state index in [2.05, 4.69) is 0 Å². The summed E-state index contributed by atoms with van der Waals surface area (Å²) in [6, 6.07) is 17.5. The van der Waals surface area contributed by atoms with E-state index >= 15 is 0 Å². The van der Waals surface area contributed by atoms with Crippen molar-refractivity contribution in [2.45, 2.75) is 13.3 Å². The van der Waals surface area contributed by atoms with Crippen molar-refractivity contribution in [2.24, 2.45) is 0 Å². The zero-order valence-electron chi connectivity index (χ0n) is 14.7. The molecule has 0 saturated carbocycles. The Kier molecular flexibility index (Phi) is 3.96. The van der Waals surface area contributed by atoms with Gasteiger partial charge in [0.2, 0.25) is 0 Å². The number of hydrogen-bond donors (Lipinski definition) is 1. The second-order valence-corrected chi connectivity index (χ2v) is 6.67. The SMILES string of the molecule is Cc1ccc(CC(=O)c2cccc3c2C(=O)c2ccccc2-3)c(C(=O)O)c1. The van der Waals surface area contributed by atoms with E-state index in [1.54, 1.807) is 49.4 Å². The smallest absolute Gasteiger partial charge is 0.335 e. The Morgan fingerprint density at radius 2 is 1.56 bits per heavy atom. The second kappa shape index (κ2) is 6.32. The summed E-state index contributed by atoms with van der Waals surface area (Å²) in [5, 5.41) is 9.42. The highest BCUT2D eigenvalue weighted by Gasteiger charge is 2.30. The maximum atomic E-state index is 13.0. The largest absolute Gasteiger partial charge is 0.478 e. The number of ketones is 2. The van der Waals surface area contributed by atoms with E-state index in [9.17, 15) is 19.5 Å². The Bertz CT molecular complexity index is 1120. The number of aromatic carboxylic acids is 1. The molecule has 0 atom stereocenters. The fourth-order valence-corrected chi connectivity index (χ4v) is 3.62. The fraction of sp³-hybridized carbons (Fsp3) is 0.0870. The van der Waals surface area contributed by atoms with E-state index in [4.69, 9.17) is 0 Å². The lowest BCUT2D eigenvalue weighted by molar-refractivity contribution is 0.0695. The van der Waals surface area contributed by atoms with Gasteiger partial charge in [0, 0.05) is 23.1 Å². The molecule has 132 valence electrons. The number of carbonyl (C=O) groups excluding carboxylic acids is 2. The number of hydrogen-bond acceptors (Lipinski definition) is 3. The zero-order chi connectivity index (χ0) is 19.1. The molecule has 4 rings (SSSR count). The van der Waals surface area contributed by atoms with E-state index in [0.29, 0.717) is 22.3 Å². The summed E-state index contributed by atoms with van der Waals surface area (Å²) in [5.41, 5.74) is 4.30. The summed E-state index contributed by atoms with van der Waals surface area (Å²) in [6.07, 6.45) is -0.0675. The van der Waals surface area contributed by atoms with Crippen LogP contribution in [-0.4, -0.2) is 22.6 Å². The van der Waals surface area contributed by atoms with Crippen molar-refractivity contribution < 1.29 is 19.5 Å². The minimum atomic E-state index is -1.07. The van der Waals surface area contributed by atoms with E-state index in [1.807, 2.05) is 18.2 Å². The number of benzene rings is 3. The minimum absolute atomic E-state index is 0.0675. The van der Waals surface area contributed by atoms with Crippen LogP contribution in [0, 0.1) is 6.92 Å². The molecular formula is C23H16O4. The molecule has 4 nitrogen and oxygen atoms in total. The first-order chi connectivity index (χ1) is 13.0. The molecule has 0 unspecified atom stereocenters. The average molecular weight is 356 g/mol. The highest BCUT2D eigenvalue weighted by molar-refractivity contribution is 6.26. The summed E-state index contributed by atoms with van der Waals surface area (Å²) < 4.78 is 0. The van der Waals surface area contributed by atoms with Crippen LogP contribution in [0.15, 0.2) is 60.7 Å². The first kappa shape index (κ1) is 16.9. The third-order valence-corrected chi connectivity index (χ3v) is 4.90. The number of carboxylic acid groups (broad SMARTS) is 1. The highest BCUT2D eigenvalue weighted by Crippen LogP contribution is 2.38. The lowest BCUT2D eigenvalue weighted by Gasteiger charge is -2.09. The maximum Gasteiger partial charge on any atom is 0.335 e. The summed E-state index contributed by atoms with van der Waals surface area (Å²) in [7, 11) is 0. The van der Waals surface area contributed by atoms with Gasteiger partial charge in [-0.2, -0.15) is 0 Å². The Hall–Kier alpha value is -3.53. The topological polar surface area (TPSA) is 71.4 Å². The monoisotopic (exact) mass is 356 g/mol. The number of carboxylic acids is 1. The molecule has 3 aromatic rings. The van der Waals surface area contributed by atoms with Gasteiger partial charge in [-0.3, -0.25) is 9.59 Å². The van der Waals surface area contributed by atoms with E-state index in [1.165, 1.54) is 0 Å². The van der Waals surface area contributed by atoms with Crippen molar-refractivity contribution in [2.75, 3.05) is 0 Å². The minimum Gasteiger partial charge on any atom is -0.478 e. The van der Waals surface area contributed by atoms with Gasteiger partial charge in [-0.1, -0.05) is 60.2 Å². The van der Waals surface area contributed by atoms with E-state index in [0.717, 1.165) is 16.7 Å². The second-order valence-electron chi connectivity index (χ2n) is 6.67. The number of carbonyl (C=O) groups is 3. The van der Waals surface area contributed by atoms with Crippen LogP contribution in [0.1, 0.15) is 47.8 Å². The molecule has 4 heteroatoms. The molecule has 27 heavy (non-hydrogen) atoms. The number of Topliss-reactive ketones (excluding diaryl/α,β-unsaturated/α-hetero) is 1. The predicted molar refractivity (Wildman–Crippen MR) is 101 cm³/mol. The van der Waals surface area contributed by atoms with Crippen molar-refractivity contribution in [3.8, 4) is 11.1 Å². The van der Waals surface area contributed by atoms with E-state index < -0.39 is 5.97 Å². The van der Waals surface area contributed by atoms with Gasteiger partial charge in [0.15, 0.2) is 11.6 Å². The van der Waals surface area contributed by atoms with Crippen molar-refractivity contribution in [3.05, 3.63) is 94.0 Å². The van der Waals surface area contributed by atoms with Crippen LogP contribution < -0.4 is 0 Å².